The minimum Gasteiger partial charge on any atom is -0.272 e. The van der Waals surface area contributed by atoms with Gasteiger partial charge in [0, 0.05) is 36.8 Å². The van der Waals surface area contributed by atoms with Gasteiger partial charge in [-0.3, -0.25) is 9.48 Å². The largest absolute Gasteiger partial charge is 0.272 e. The lowest BCUT2D eigenvalue weighted by molar-refractivity contribution is -0.148. The molecule has 2 bridgehead atoms. The highest BCUT2D eigenvalue weighted by Gasteiger charge is 2.61. The topological polar surface area (TPSA) is 74.3 Å². The van der Waals surface area contributed by atoms with Crippen molar-refractivity contribution in [1.29, 1.82) is 5.26 Å². The van der Waals surface area contributed by atoms with Crippen LogP contribution in [0.25, 0.3) is 10.9 Å². The predicted octanol–water partition coefficient (Wildman–Crippen LogP) is 4.56. The van der Waals surface area contributed by atoms with Gasteiger partial charge < -0.3 is 0 Å². The molecule has 2 aromatic carbocycles. The monoisotopic (exact) mass is 445 g/mol. The maximum Gasteiger partial charge on any atom is 0.249 e. The van der Waals surface area contributed by atoms with Crippen LogP contribution in [0.3, 0.4) is 0 Å². The summed E-state index contributed by atoms with van der Waals surface area (Å²) in [7, 11) is 0. The average molecular weight is 445 g/mol. The molecular formula is C25H21F2N5O. The van der Waals surface area contributed by atoms with Crippen LogP contribution in [0.1, 0.15) is 42.9 Å². The van der Waals surface area contributed by atoms with E-state index >= 15 is 0 Å². The van der Waals surface area contributed by atoms with E-state index in [0.29, 0.717) is 29.4 Å². The second-order valence-electron chi connectivity index (χ2n) is 9.55. The van der Waals surface area contributed by atoms with Gasteiger partial charge in [-0.25, -0.2) is 13.8 Å². The first kappa shape index (κ1) is 20.0. The lowest BCUT2D eigenvalue weighted by Gasteiger charge is -2.40. The van der Waals surface area contributed by atoms with E-state index in [1.165, 1.54) is 17.1 Å². The van der Waals surface area contributed by atoms with E-state index in [2.05, 4.69) is 16.3 Å². The number of hydrogen-bond donors (Lipinski definition) is 0. The molecule has 1 amide bonds. The number of nitrogens with zero attached hydrogens (tertiary/aromatic N) is 5. The molecule has 3 aromatic rings. The van der Waals surface area contributed by atoms with Crippen LogP contribution in [0.5, 0.6) is 0 Å². The smallest absolute Gasteiger partial charge is 0.249 e. The van der Waals surface area contributed by atoms with Gasteiger partial charge >= 0.3 is 0 Å². The summed E-state index contributed by atoms with van der Waals surface area (Å²) in [5.74, 6) is -0.571. The first-order chi connectivity index (χ1) is 15.9. The van der Waals surface area contributed by atoms with Gasteiger partial charge in [0.1, 0.15) is 11.6 Å². The molecule has 3 aliphatic carbocycles. The fourth-order valence-electron chi connectivity index (χ4n) is 5.97. The van der Waals surface area contributed by atoms with Gasteiger partial charge in [-0.15, -0.1) is 0 Å². The van der Waals surface area contributed by atoms with Crippen LogP contribution in [-0.2, 0) is 11.3 Å². The van der Waals surface area contributed by atoms with Crippen LogP contribution in [0.4, 0.5) is 8.78 Å². The molecule has 33 heavy (non-hydrogen) atoms. The molecule has 3 fully saturated rings. The number of carbonyl (C=O) groups is 1. The Hall–Kier alpha value is -3.60. The fourth-order valence-corrected chi connectivity index (χ4v) is 5.97. The SMILES string of the molecule is N#Cc1ccc2nn(CC3CC4(C(=O)N5N=CCC5c5cc(F)cc(F)c5)CC3C4)cc2c1. The van der Waals surface area contributed by atoms with E-state index in [9.17, 15) is 13.6 Å². The summed E-state index contributed by atoms with van der Waals surface area (Å²) in [6.45, 7) is 0.720. The van der Waals surface area contributed by atoms with Gasteiger partial charge in [0.05, 0.1) is 28.6 Å². The van der Waals surface area contributed by atoms with Gasteiger partial charge in [0.25, 0.3) is 0 Å². The normalized spacial score (nSPS) is 27.7. The van der Waals surface area contributed by atoms with Crippen molar-refractivity contribution in [2.24, 2.45) is 22.4 Å². The summed E-state index contributed by atoms with van der Waals surface area (Å²) in [6.07, 6.45) is 6.43. The molecule has 3 saturated carbocycles. The average Bonchev–Trinajstić information content (AvgIpc) is 3.53. The number of aromatic nitrogens is 2. The van der Waals surface area contributed by atoms with E-state index < -0.39 is 23.1 Å². The Morgan fingerprint density at radius 3 is 2.70 bits per heavy atom. The summed E-state index contributed by atoms with van der Waals surface area (Å²) in [6, 6.07) is 10.5. The third-order valence-corrected chi connectivity index (χ3v) is 7.49. The Morgan fingerprint density at radius 2 is 1.94 bits per heavy atom. The molecule has 0 spiro atoms. The maximum absolute atomic E-state index is 13.8. The Balaban J connectivity index is 1.19. The number of carbonyl (C=O) groups excluding carboxylic acids is 1. The van der Waals surface area contributed by atoms with Crippen LogP contribution >= 0.6 is 0 Å². The lowest BCUT2D eigenvalue weighted by atomic mass is 9.68. The number of rotatable bonds is 4. The first-order valence-electron chi connectivity index (χ1n) is 11.1. The molecule has 2 heterocycles. The van der Waals surface area contributed by atoms with E-state index in [4.69, 9.17) is 5.26 Å². The minimum atomic E-state index is -0.652. The predicted molar refractivity (Wildman–Crippen MR) is 117 cm³/mol. The van der Waals surface area contributed by atoms with E-state index in [0.717, 1.165) is 42.8 Å². The number of fused-ring (bicyclic) bond motifs is 2. The van der Waals surface area contributed by atoms with Crippen molar-refractivity contribution < 1.29 is 13.6 Å². The molecule has 0 radical (unpaired) electrons. The summed E-state index contributed by atoms with van der Waals surface area (Å²) < 4.78 is 29.4. The highest BCUT2D eigenvalue weighted by molar-refractivity contribution is 5.87. The van der Waals surface area contributed by atoms with Crippen LogP contribution in [-0.4, -0.2) is 26.9 Å². The van der Waals surface area contributed by atoms with Crippen molar-refractivity contribution in [3.8, 4) is 6.07 Å². The van der Waals surface area contributed by atoms with Gasteiger partial charge in [0.2, 0.25) is 5.91 Å². The molecule has 6 nitrogen and oxygen atoms in total. The molecule has 0 saturated heterocycles. The fraction of sp³-hybridized carbons (Fsp3) is 0.360. The summed E-state index contributed by atoms with van der Waals surface area (Å²) in [4.78, 5) is 13.5. The van der Waals surface area contributed by atoms with Crippen LogP contribution in [0.2, 0.25) is 0 Å². The second-order valence-corrected chi connectivity index (χ2v) is 9.55. The zero-order chi connectivity index (χ0) is 22.7. The van der Waals surface area contributed by atoms with E-state index in [-0.39, 0.29) is 5.91 Å². The molecule has 7 rings (SSSR count). The Kier molecular flexibility index (Phi) is 4.37. The quantitative estimate of drug-likeness (QED) is 0.591. The van der Waals surface area contributed by atoms with Crippen LogP contribution in [0, 0.1) is 40.2 Å². The molecule has 8 heteroatoms. The molecule has 166 valence electrons. The molecule has 1 aliphatic heterocycles. The lowest BCUT2D eigenvalue weighted by Crippen LogP contribution is -2.45. The van der Waals surface area contributed by atoms with Gasteiger partial charge in [-0.1, -0.05) is 0 Å². The number of benzene rings is 2. The van der Waals surface area contributed by atoms with Gasteiger partial charge in [0.15, 0.2) is 0 Å². The van der Waals surface area contributed by atoms with Crippen molar-refractivity contribution >= 4 is 23.0 Å². The standard InChI is InChI=1S/C25H21F2N5O/c26-20-6-16(7-21(27)8-20)23-3-4-29-32(23)24(33)25-9-18(10-25)19(11-25)14-31-13-17-5-15(12-28)1-2-22(17)30-31/h1-2,4-8,13,18-19,23H,3,9-11,14H2. The molecule has 4 aliphatic rings. The maximum atomic E-state index is 13.8. The van der Waals surface area contributed by atoms with Crippen molar-refractivity contribution in [3.63, 3.8) is 0 Å². The highest BCUT2D eigenvalue weighted by Crippen LogP contribution is 2.63. The van der Waals surface area contributed by atoms with E-state index in [1.54, 1.807) is 12.3 Å². The zero-order valence-electron chi connectivity index (χ0n) is 17.8. The molecule has 2 unspecified atom stereocenters. The van der Waals surface area contributed by atoms with Crippen LogP contribution < -0.4 is 0 Å². The van der Waals surface area contributed by atoms with Crippen molar-refractivity contribution in [1.82, 2.24) is 14.8 Å². The number of hydrogen-bond acceptors (Lipinski definition) is 4. The molecule has 0 N–H and O–H groups in total. The number of amides is 1. The minimum absolute atomic E-state index is 0.0473. The van der Waals surface area contributed by atoms with Crippen molar-refractivity contribution in [2.75, 3.05) is 0 Å². The Morgan fingerprint density at radius 1 is 1.15 bits per heavy atom. The Labute approximate surface area is 189 Å². The van der Waals surface area contributed by atoms with E-state index in [1.807, 2.05) is 23.0 Å². The molecular weight excluding hydrogens is 424 g/mol. The van der Waals surface area contributed by atoms with Crippen molar-refractivity contribution in [2.45, 2.75) is 38.3 Å². The van der Waals surface area contributed by atoms with Gasteiger partial charge in [-0.2, -0.15) is 15.5 Å². The highest BCUT2D eigenvalue weighted by atomic mass is 19.1. The third kappa shape index (κ3) is 3.22. The van der Waals surface area contributed by atoms with Crippen LogP contribution in [0.15, 0.2) is 47.7 Å². The Bertz CT molecular complexity index is 1330. The second kappa shape index (κ2) is 7.20. The zero-order valence-corrected chi connectivity index (χ0v) is 17.8. The number of nitriles is 1. The summed E-state index contributed by atoms with van der Waals surface area (Å²) in [5, 5.41) is 20.4. The van der Waals surface area contributed by atoms with Gasteiger partial charge in [-0.05, 0) is 67.0 Å². The number of halogens is 2. The summed E-state index contributed by atoms with van der Waals surface area (Å²) in [5.41, 5.74) is 1.43. The molecule has 1 aromatic heterocycles. The molecule has 2 atom stereocenters. The summed E-state index contributed by atoms with van der Waals surface area (Å²) >= 11 is 0. The first-order valence-corrected chi connectivity index (χ1v) is 11.1. The number of hydrazone groups is 1. The van der Waals surface area contributed by atoms with Crippen molar-refractivity contribution in [3.05, 3.63) is 65.4 Å². The third-order valence-electron chi connectivity index (χ3n) is 7.49.